The van der Waals surface area contributed by atoms with Gasteiger partial charge in [0.25, 0.3) is 0 Å². The summed E-state index contributed by atoms with van der Waals surface area (Å²) < 4.78 is 44.3. The molecule has 0 radical (unpaired) electrons. The predicted octanol–water partition coefficient (Wildman–Crippen LogP) is 5.43. The highest BCUT2D eigenvalue weighted by Crippen LogP contribution is 2.45. The molecule has 0 bridgehead atoms. The highest BCUT2D eigenvalue weighted by atomic mass is 19.4. The summed E-state index contributed by atoms with van der Waals surface area (Å²) in [5.41, 5.74) is -2.75. The van der Waals surface area contributed by atoms with Crippen molar-refractivity contribution in [1.82, 2.24) is 9.55 Å². The van der Waals surface area contributed by atoms with Crippen LogP contribution in [0.25, 0.3) is 22.0 Å². The molecule has 2 N–H and O–H groups in total. The molecular formula is C27H25F3N2O3. The molecule has 0 fully saturated rings. The maximum absolute atomic E-state index is 14.4. The summed E-state index contributed by atoms with van der Waals surface area (Å²) in [7, 11) is 0. The van der Waals surface area contributed by atoms with Crippen LogP contribution in [0, 0.1) is 0 Å². The van der Waals surface area contributed by atoms with Gasteiger partial charge in [-0.25, -0.2) is 0 Å². The number of phenolic OH excluding ortho intramolecular Hbond substituents is 1. The van der Waals surface area contributed by atoms with Gasteiger partial charge in [0.15, 0.2) is 11.0 Å². The first-order chi connectivity index (χ1) is 16.4. The molecule has 0 amide bonds. The molecule has 8 heteroatoms. The van der Waals surface area contributed by atoms with Crippen molar-refractivity contribution in [1.29, 1.82) is 0 Å². The Balaban J connectivity index is 1.76. The van der Waals surface area contributed by atoms with Gasteiger partial charge in [-0.05, 0) is 47.7 Å². The van der Waals surface area contributed by atoms with Gasteiger partial charge in [-0.3, -0.25) is 9.78 Å². The van der Waals surface area contributed by atoms with E-state index in [1.807, 2.05) is 6.07 Å². The molecule has 5 nitrogen and oxygen atoms in total. The first-order valence-electron chi connectivity index (χ1n) is 11.0. The molecule has 182 valence electrons. The fraction of sp³-hybridized carbons (Fsp3) is 0.259. The Morgan fingerprint density at radius 3 is 2.40 bits per heavy atom. The number of hydrogen-bond acceptors (Lipinski definition) is 4. The molecule has 4 rings (SSSR count). The van der Waals surface area contributed by atoms with Crippen LogP contribution in [-0.2, 0) is 12.0 Å². The number of phenols is 1. The lowest BCUT2D eigenvalue weighted by atomic mass is 9.73. The number of alkyl halides is 3. The fourth-order valence-corrected chi connectivity index (χ4v) is 4.54. The molecule has 2 aromatic heterocycles. The molecule has 0 aliphatic heterocycles. The Labute approximate surface area is 200 Å². The van der Waals surface area contributed by atoms with Gasteiger partial charge in [-0.15, -0.1) is 0 Å². The van der Waals surface area contributed by atoms with Crippen LogP contribution in [0.15, 0.2) is 84.0 Å². The maximum Gasteiger partial charge on any atom is 0.418 e. The Morgan fingerprint density at radius 1 is 0.971 bits per heavy atom. The number of pyridine rings is 2. The van der Waals surface area contributed by atoms with Crippen molar-refractivity contribution in [2.45, 2.75) is 44.0 Å². The number of aromatic nitrogens is 2. The van der Waals surface area contributed by atoms with Crippen LogP contribution in [0.4, 0.5) is 13.2 Å². The average molecular weight is 483 g/mol. The zero-order chi connectivity index (χ0) is 25.4. The van der Waals surface area contributed by atoms with Crippen molar-refractivity contribution in [2.24, 2.45) is 0 Å². The first-order valence-corrected chi connectivity index (χ1v) is 11.0. The van der Waals surface area contributed by atoms with E-state index in [4.69, 9.17) is 0 Å². The molecule has 0 aliphatic rings. The van der Waals surface area contributed by atoms with E-state index in [2.05, 4.69) is 4.98 Å². The average Bonchev–Trinajstić information content (AvgIpc) is 2.81. The Hall–Kier alpha value is -3.65. The number of fused-ring (bicyclic) bond motifs is 1. The molecule has 4 aromatic rings. The van der Waals surface area contributed by atoms with Crippen LogP contribution in [0.1, 0.15) is 25.8 Å². The Bertz CT molecular complexity index is 1410. The van der Waals surface area contributed by atoms with E-state index in [0.29, 0.717) is 11.1 Å². The second-order valence-corrected chi connectivity index (χ2v) is 9.39. The van der Waals surface area contributed by atoms with Crippen LogP contribution in [0.2, 0.25) is 0 Å². The van der Waals surface area contributed by atoms with Gasteiger partial charge in [0.05, 0.1) is 12.1 Å². The van der Waals surface area contributed by atoms with Crippen LogP contribution >= 0.6 is 0 Å². The molecule has 35 heavy (non-hydrogen) atoms. The van der Waals surface area contributed by atoms with E-state index in [0.717, 1.165) is 5.56 Å². The van der Waals surface area contributed by atoms with Crippen molar-refractivity contribution in [3.8, 4) is 16.9 Å². The first kappa shape index (κ1) is 24.5. The van der Waals surface area contributed by atoms with Gasteiger partial charge in [-0.2, -0.15) is 13.2 Å². The second kappa shape index (κ2) is 8.85. The number of nitrogens with zero attached hydrogens (tertiary/aromatic N) is 2. The largest absolute Gasteiger partial charge is 0.508 e. The number of hydrogen-bond donors (Lipinski definition) is 2. The van der Waals surface area contributed by atoms with E-state index in [9.17, 15) is 28.2 Å². The highest BCUT2D eigenvalue weighted by Gasteiger charge is 2.56. The molecule has 1 atom stereocenters. The molecule has 2 heterocycles. The summed E-state index contributed by atoms with van der Waals surface area (Å²) in [6.07, 6.45) is -1.22. The third-order valence-corrected chi connectivity index (χ3v) is 6.30. The maximum atomic E-state index is 14.4. The number of aliphatic hydroxyl groups is 1. The van der Waals surface area contributed by atoms with Gasteiger partial charge in [0, 0.05) is 41.2 Å². The quantitative estimate of drug-likeness (QED) is 0.384. The summed E-state index contributed by atoms with van der Waals surface area (Å²) in [6.45, 7) is 2.29. The lowest BCUT2D eigenvalue weighted by Crippen LogP contribution is -2.52. The fourth-order valence-electron chi connectivity index (χ4n) is 4.54. The number of benzene rings is 2. The summed E-state index contributed by atoms with van der Waals surface area (Å²) >= 11 is 0. The van der Waals surface area contributed by atoms with Gasteiger partial charge in [0.2, 0.25) is 0 Å². The van der Waals surface area contributed by atoms with Crippen molar-refractivity contribution in [3.05, 3.63) is 95.0 Å². The minimum atomic E-state index is -4.98. The summed E-state index contributed by atoms with van der Waals surface area (Å²) in [5.74, 6) is -0.166. The molecule has 2 aromatic carbocycles. The number of para-hydroxylation sites is 1. The molecule has 0 saturated carbocycles. The van der Waals surface area contributed by atoms with E-state index in [1.54, 1.807) is 62.6 Å². The zero-order valence-corrected chi connectivity index (χ0v) is 19.3. The van der Waals surface area contributed by atoms with Crippen LogP contribution < -0.4 is 5.43 Å². The topological polar surface area (TPSA) is 75.4 Å². The monoisotopic (exact) mass is 482 g/mol. The van der Waals surface area contributed by atoms with Crippen molar-refractivity contribution < 1.29 is 23.4 Å². The highest BCUT2D eigenvalue weighted by molar-refractivity contribution is 5.78. The molecule has 0 aliphatic carbocycles. The van der Waals surface area contributed by atoms with Crippen LogP contribution in [-0.4, -0.2) is 31.5 Å². The van der Waals surface area contributed by atoms with Crippen molar-refractivity contribution in [3.63, 3.8) is 0 Å². The van der Waals surface area contributed by atoms with Gasteiger partial charge in [0.1, 0.15) is 5.75 Å². The van der Waals surface area contributed by atoms with Crippen LogP contribution in [0.5, 0.6) is 5.75 Å². The number of rotatable bonds is 6. The van der Waals surface area contributed by atoms with E-state index >= 15 is 0 Å². The molecule has 0 saturated heterocycles. The smallest absolute Gasteiger partial charge is 0.418 e. The van der Waals surface area contributed by atoms with E-state index in [-0.39, 0.29) is 22.1 Å². The third kappa shape index (κ3) is 4.79. The zero-order valence-electron chi connectivity index (χ0n) is 19.3. The standard InChI is InChI=1S/C27H25F3N2O3/c1-25(2,21-14-18(9-10-24(21)34)19-6-5-12-31-15-19)16-26(35,27(28,29)30)17-32-13-11-23(33)20-7-3-4-8-22(20)32/h3-15,34-35H,16-17H2,1-2H3. The second-order valence-electron chi connectivity index (χ2n) is 9.39. The number of halogens is 3. The third-order valence-electron chi connectivity index (χ3n) is 6.30. The van der Waals surface area contributed by atoms with E-state index in [1.165, 1.54) is 29.0 Å². The Morgan fingerprint density at radius 2 is 1.71 bits per heavy atom. The molecule has 0 spiro atoms. The lowest BCUT2D eigenvalue weighted by molar-refractivity contribution is -0.271. The lowest BCUT2D eigenvalue weighted by Gasteiger charge is -2.39. The van der Waals surface area contributed by atoms with Crippen molar-refractivity contribution in [2.75, 3.05) is 0 Å². The van der Waals surface area contributed by atoms with Gasteiger partial charge >= 0.3 is 6.18 Å². The Kier molecular flexibility index (Phi) is 6.19. The summed E-state index contributed by atoms with van der Waals surface area (Å²) in [4.78, 5) is 16.2. The minimum absolute atomic E-state index is 0.166. The summed E-state index contributed by atoms with van der Waals surface area (Å²) in [5, 5.41) is 21.9. The number of aromatic hydroxyl groups is 1. The van der Waals surface area contributed by atoms with E-state index < -0.39 is 30.2 Å². The molecular weight excluding hydrogens is 457 g/mol. The van der Waals surface area contributed by atoms with Gasteiger partial charge in [-0.1, -0.05) is 38.1 Å². The molecule has 1 unspecified atom stereocenters. The van der Waals surface area contributed by atoms with Gasteiger partial charge < -0.3 is 14.8 Å². The normalized spacial score (nSPS) is 14.1. The van der Waals surface area contributed by atoms with Crippen LogP contribution in [0.3, 0.4) is 0 Å². The minimum Gasteiger partial charge on any atom is -0.508 e. The SMILES string of the molecule is CC(C)(CC(O)(Cn1ccc(=O)c2ccccc21)C(F)(F)F)c1cc(-c2cccnc2)ccc1O. The summed E-state index contributed by atoms with van der Waals surface area (Å²) in [6, 6.07) is 15.8. The van der Waals surface area contributed by atoms with Crippen molar-refractivity contribution >= 4 is 10.9 Å². The predicted molar refractivity (Wildman–Crippen MR) is 128 cm³/mol.